The summed E-state index contributed by atoms with van der Waals surface area (Å²) < 4.78 is 65.0. The van der Waals surface area contributed by atoms with Gasteiger partial charge in [0, 0.05) is 10.7 Å². The second kappa shape index (κ2) is 8.76. The van der Waals surface area contributed by atoms with Crippen molar-refractivity contribution in [2.75, 3.05) is 5.75 Å². The zero-order valence-electron chi connectivity index (χ0n) is 17.0. The van der Waals surface area contributed by atoms with Crippen LogP contribution in [0.1, 0.15) is 29.8 Å². The molecule has 4 rings (SSSR count). The minimum atomic E-state index is -4.60. The van der Waals surface area contributed by atoms with Crippen LogP contribution in [-0.2, 0) is 22.0 Å². The van der Waals surface area contributed by atoms with E-state index in [1.165, 1.54) is 28.9 Å². The quantitative estimate of drug-likeness (QED) is 0.510. The molecule has 2 aromatic carbocycles. The van der Waals surface area contributed by atoms with Gasteiger partial charge in [-0.15, -0.1) is 0 Å². The summed E-state index contributed by atoms with van der Waals surface area (Å²) in [4.78, 5) is 0.767. The molecule has 0 bridgehead atoms. The standard InChI is InChI=1S/C22H22F3N3O2S2/c23-22(24,25)21-14-19(28(27-21)17-9-11-18(12-10-17)32(26,29)30)20-8-4-5-13-31(20)15-16-6-2-1-3-7-16/h1-3,6-12,14,31H,4-5,13,15H2,(H2,26,29,30). The Morgan fingerprint density at radius 1 is 1.06 bits per heavy atom. The number of hydrogen-bond donors (Lipinski definition) is 2. The number of sulfonamides is 1. The summed E-state index contributed by atoms with van der Waals surface area (Å²) in [6.45, 7) is 0. The van der Waals surface area contributed by atoms with Gasteiger partial charge in [0.25, 0.3) is 0 Å². The first-order valence-corrected chi connectivity index (χ1v) is 13.2. The van der Waals surface area contributed by atoms with Crippen LogP contribution in [0.4, 0.5) is 13.2 Å². The lowest BCUT2D eigenvalue weighted by molar-refractivity contribution is -0.141. The van der Waals surface area contributed by atoms with Crippen molar-refractivity contribution in [2.24, 2.45) is 5.14 Å². The smallest absolute Gasteiger partial charge is 0.232 e. The van der Waals surface area contributed by atoms with Gasteiger partial charge in [0.05, 0.1) is 16.3 Å². The first-order valence-electron chi connectivity index (χ1n) is 9.93. The first-order chi connectivity index (χ1) is 15.1. The molecule has 5 nitrogen and oxygen atoms in total. The van der Waals surface area contributed by atoms with E-state index in [-0.39, 0.29) is 4.90 Å². The van der Waals surface area contributed by atoms with Crippen molar-refractivity contribution in [3.63, 3.8) is 0 Å². The molecule has 0 amide bonds. The number of nitrogens with zero attached hydrogens (tertiary/aromatic N) is 2. The van der Waals surface area contributed by atoms with E-state index >= 15 is 0 Å². The lowest BCUT2D eigenvalue weighted by Gasteiger charge is -2.29. The molecule has 2 N–H and O–H groups in total. The average Bonchev–Trinajstić information content (AvgIpc) is 3.20. The Morgan fingerprint density at radius 2 is 1.75 bits per heavy atom. The summed E-state index contributed by atoms with van der Waals surface area (Å²) in [7, 11) is -4.64. The largest absolute Gasteiger partial charge is 0.435 e. The highest BCUT2D eigenvalue weighted by molar-refractivity contribution is 8.24. The lowest BCUT2D eigenvalue weighted by atomic mass is 10.2. The number of alkyl halides is 3. The third-order valence-corrected chi connectivity index (χ3v) is 8.82. The summed E-state index contributed by atoms with van der Waals surface area (Å²) >= 11 is 0. The molecule has 32 heavy (non-hydrogen) atoms. The molecular weight excluding hydrogens is 459 g/mol. The van der Waals surface area contributed by atoms with E-state index < -0.39 is 32.8 Å². The van der Waals surface area contributed by atoms with Crippen LogP contribution in [0.15, 0.2) is 71.6 Å². The van der Waals surface area contributed by atoms with Gasteiger partial charge in [-0.05, 0) is 54.5 Å². The second-order valence-corrected chi connectivity index (χ2v) is 11.4. The number of hydrogen-bond acceptors (Lipinski definition) is 3. The Balaban J connectivity index is 1.78. The van der Waals surface area contributed by atoms with E-state index in [4.69, 9.17) is 5.14 Å². The van der Waals surface area contributed by atoms with E-state index in [0.717, 1.165) is 40.9 Å². The molecule has 3 aromatic rings. The summed E-state index contributed by atoms with van der Waals surface area (Å²) in [5.74, 6) is 1.70. The van der Waals surface area contributed by atoms with Crippen LogP contribution in [0.25, 0.3) is 10.6 Å². The predicted octanol–water partition coefficient (Wildman–Crippen LogP) is 4.87. The van der Waals surface area contributed by atoms with Gasteiger partial charge in [0.1, 0.15) is 0 Å². The van der Waals surface area contributed by atoms with Crippen molar-refractivity contribution in [2.45, 2.75) is 29.7 Å². The van der Waals surface area contributed by atoms with E-state index in [1.54, 1.807) is 0 Å². The Hall–Kier alpha value is -2.56. The molecule has 0 radical (unpaired) electrons. The molecule has 1 aromatic heterocycles. The third kappa shape index (κ3) is 4.92. The number of aromatic nitrogens is 2. The van der Waals surface area contributed by atoms with Crippen molar-refractivity contribution in [3.8, 4) is 5.69 Å². The highest BCUT2D eigenvalue weighted by atomic mass is 32.2. The first kappa shape index (κ1) is 22.6. The Morgan fingerprint density at radius 3 is 2.38 bits per heavy atom. The van der Waals surface area contributed by atoms with E-state index in [0.29, 0.717) is 11.4 Å². The molecule has 1 unspecified atom stereocenters. The SMILES string of the molecule is NS(=O)(=O)c1ccc(-n2nc(C(F)(F)F)cc2C2=CCCC[SH]2Cc2ccccc2)cc1. The molecule has 2 heterocycles. The van der Waals surface area contributed by atoms with E-state index in [1.807, 2.05) is 36.4 Å². The summed E-state index contributed by atoms with van der Waals surface area (Å²) in [5.41, 5.74) is 0.890. The van der Waals surface area contributed by atoms with Gasteiger partial charge in [0.2, 0.25) is 10.0 Å². The number of nitrogens with two attached hydrogens (primary N) is 1. The molecule has 1 aliphatic heterocycles. The Bertz CT molecular complexity index is 1240. The number of thiol groups is 1. The van der Waals surface area contributed by atoms with Crippen LogP contribution in [-0.4, -0.2) is 24.0 Å². The van der Waals surface area contributed by atoms with Gasteiger partial charge in [-0.2, -0.15) is 18.3 Å². The number of allylic oxidation sites excluding steroid dienone is 1. The molecule has 0 saturated carbocycles. The number of benzene rings is 2. The topological polar surface area (TPSA) is 78.0 Å². The van der Waals surface area contributed by atoms with Gasteiger partial charge >= 0.3 is 6.18 Å². The molecule has 1 atom stereocenters. The van der Waals surface area contributed by atoms with Crippen LogP contribution < -0.4 is 5.14 Å². The monoisotopic (exact) mass is 481 g/mol. The lowest BCUT2D eigenvalue weighted by Crippen LogP contribution is -2.12. The van der Waals surface area contributed by atoms with Crippen molar-refractivity contribution >= 4 is 25.8 Å². The van der Waals surface area contributed by atoms with Gasteiger partial charge in [-0.25, -0.2) is 29.1 Å². The zero-order chi connectivity index (χ0) is 22.9. The molecule has 1 aliphatic rings. The number of primary sulfonamides is 1. The maximum absolute atomic E-state index is 13.5. The highest BCUT2D eigenvalue weighted by Crippen LogP contribution is 2.49. The molecular formula is C22H22F3N3O2S2. The fourth-order valence-corrected chi connectivity index (χ4v) is 6.85. The van der Waals surface area contributed by atoms with Crippen molar-refractivity contribution < 1.29 is 21.6 Å². The van der Waals surface area contributed by atoms with Gasteiger partial charge in [-0.1, -0.05) is 36.4 Å². The fourth-order valence-electron chi connectivity index (χ4n) is 3.68. The second-order valence-electron chi connectivity index (χ2n) is 7.50. The van der Waals surface area contributed by atoms with Crippen LogP contribution in [0.3, 0.4) is 0 Å². The third-order valence-electron chi connectivity index (χ3n) is 5.20. The summed E-state index contributed by atoms with van der Waals surface area (Å²) in [5, 5.41) is 8.98. The number of rotatable bonds is 5. The maximum Gasteiger partial charge on any atom is 0.435 e. The van der Waals surface area contributed by atoms with Crippen LogP contribution in [0, 0.1) is 0 Å². The van der Waals surface area contributed by atoms with Gasteiger partial charge in [0.15, 0.2) is 5.69 Å². The normalized spacial score (nSPS) is 18.4. The van der Waals surface area contributed by atoms with Crippen LogP contribution in [0.5, 0.6) is 0 Å². The molecule has 0 aliphatic carbocycles. The van der Waals surface area contributed by atoms with Crippen molar-refractivity contribution in [1.82, 2.24) is 9.78 Å². The maximum atomic E-state index is 13.5. The summed E-state index contributed by atoms with van der Waals surface area (Å²) in [6.07, 6.45) is -0.798. The molecule has 0 spiro atoms. The van der Waals surface area contributed by atoms with Crippen molar-refractivity contribution in [1.29, 1.82) is 0 Å². The minimum Gasteiger partial charge on any atom is -0.232 e. The Labute approximate surface area is 187 Å². The minimum absolute atomic E-state index is 0.116. The van der Waals surface area contributed by atoms with Crippen molar-refractivity contribution in [3.05, 3.63) is 83.7 Å². The average molecular weight is 482 g/mol. The molecule has 0 saturated heterocycles. The van der Waals surface area contributed by atoms with Crippen LogP contribution in [0.2, 0.25) is 0 Å². The summed E-state index contributed by atoms with van der Waals surface area (Å²) in [6, 6.07) is 16.4. The predicted molar refractivity (Wildman–Crippen MR) is 121 cm³/mol. The zero-order valence-corrected chi connectivity index (χ0v) is 18.7. The molecule has 0 fully saturated rings. The fraction of sp³-hybridized carbons (Fsp3) is 0.227. The highest BCUT2D eigenvalue weighted by Gasteiger charge is 2.36. The van der Waals surface area contributed by atoms with E-state index in [9.17, 15) is 21.6 Å². The van der Waals surface area contributed by atoms with Crippen LogP contribution >= 0.6 is 10.9 Å². The molecule has 170 valence electrons. The van der Waals surface area contributed by atoms with Gasteiger partial charge < -0.3 is 0 Å². The molecule has 10 heteroatoms. The number of halogens is 3. The van der Waals surface area contributed by atoms with E-state index in [2.05, 4.69) is 5.10 Å². The Kier molecular flexibility index (Phi) is 6.19. The van der Waals surface area contributed by atoms with Gasteiger partial charge in [-0.3, -0.25) is 0 Å².